The third-order valence-corrected chi connectivity index (χ3v) is 5.31. The Bertz CT molecular complexity index is 1020. The van der Waals surface area contributed by atoms with Gasteiger partial charge in [-0.25, -0.2) is 18.6 Å². The predicted molar refractivity (Wildman–Crippen MR) is 100 cm³/mol. The predicted octanol–water partition coefficient (Wildman–Crippen LogP) is 2.05. The van der Waals surface area contributed by atoms with Crippen LogP contribution in [0.25, 0.3) is 11.0 Å². The quantitative estimate of drug-likeness (QED) is 0.839. The van der Waals surface area contributed by atoms with E-state index in [0.717, 1.165) is 18.9 Å². The molecule has 2 aliphatic rings. The van der Waals surface area contributed by atoms with Gasteiger partial charge in [0.25, 0.3) is 0 Å². The van der Waals surface area contributed by atoms with Gasteiger partial charge in [0.2, 0.25) is 5.43 Å². The minimum atomic E-state index is -1.46. The largest absolute Gasteiger partial charge is 0.477 e. The summed E-state index contributed by atoms with van der Waals surface area (Å²) >= 11 is 0. The van der Waals surface area contributed by atoms with Gasteiger partial charge >= 0.3 is 5.97 Å². The average molecular weight is 392 g/mol. The fourth-order valence-corrected chi connectivity index (χ4v) is 3.95. The molecule has 9 heteroatoms. The van der Waals surface area contributed by atoms with Crippen LogP contribution in [0.3, 0.4) is 0 Å². The zero-order valence-corrected chi connectivity index (χ0v) is 15.8. The highest BCUT2D eigenvalue weighted by Crippen LogP contribution is 2.38. The molecule has 0 radical (unpaired) electrons. The number of nitrogens with zero attached hydrogens (tertiary/aromatic N) is 4. The van der Waals surface area contributed by atoms with Gasteiger partial charge in [-0.1, -0.05) is 0 Å². The lowest BCUT2D eigenvalue weighted by atomic mass is 10.1. The summed E-state index contributed by atoms with van der Waals surface area (Å²) in [6.45, 7) is 0.565. The van der Waals surface area contributed by atoms with Gasteiger partial charge in [0, 0.05) is 31.7 Å². The number of hydrogen-bond donors (Lipinski definition) is 1. The Kier molecular flexibility index (Phi) is 4.37. The number of halogens is 2. The first-order valence-corrected chi connectivity index (χ1v) is 9.26. The minimum Gasteiger partial charge on any atom is -0.477 e. The van der Waals surface area contributed by atoms with E-state index < -0.39 is 28.4 Å². The molecule has 0 spiro atoms. The van der Waals surface area contributed by atoms with Crippen molar-refractivity contribution in [3.8, 4) is 0 Å². The normalized spacial score (nSPS) is 22.4. The standard InChI is InChI=1S/C19H22F2N4O3/c1-23(2)9-19(21)5-6-24(10-19)17-14(20)7-12-15(26)13(18(27)28)8-25(11-3-4-11)16(12)22-17/h7-8,11H,3-6,9-10H2,1-2H3,(H,27,28). The molecule has 4 rings (SSSR count). The van der Waals surface area contributed by atoms with Crippen LogP contribution in [0.4, 0.5) is 14.6 Å². The molecule has 2 fully saturated rings. The van der Waals surface area contributed by atoms with Crippen molar-refractivity contribution in [2.75, 3.05) is 38.6 Å². The molecule has 1 saturated carbocycles. The second-order valence-electron chi connectivity index (χ2n) is 8.04. The van der Waals surface area contributed by atoms with Crippen molar-refractivity contribution in [2.45, 2.75) is 31.0 Å². The molecule has 1 saturated heterocycles. The van der Waals surface area contributed by atoms with Crippen molar-refractivity contribution in [1.82, 2.24) is 14.5 Å². The van der Waals surface area contributed by atoms with Gasteiger partial charge in [-0.05, 0) is 33.0 Å². The number of anilines is 1. The second kappa shape index (κ2) is 6.51. The van der Waals surface area contributed by atoms with E-state index >= 15 is 4.39 Å². The highest BCUT2D eigenvalue weighted by atomic mass is 19.1. The molecule has 0 aromatic carbocycles. The molecule has 0 amide bonds. The van der Waals surface area contributed by atoms with E-state index in [1.165, 1.54) is 6.20 Å². The van der Waals surface area contributed by atoms with Gasteiger partial charge in [0.15, 0.2) is 11.6 Å². The van der Waals surface area contributed by atoms with Gasteiger partial charge in [0.05, 0.1) is 11.9 Å². The number of carboxylic acid groups (broad SMARTS) is 1. The highest BCUT2D eigenvalue weighted by Gasteiger charge is 2.40. The molecular weight excluding hydrogens is 370 g/mol. The molecule has 1 atom stereocenters. The summed E-state index contributed by atoms with van der Waals surface area (Å²) < 4.78 is 31.5. The maximum Gasteiger partial charge on any atom is 0.341 e. The van der Waals surface area contributed by atoms with Gasteiger partial charge in [0.1, 0.15) is 16.9 Å². The van der Waals surface area contributed by atoms with E-state index in [1.807, 2.05) is 0 Å². The highest BCUT2D eigenvalue weighted by molar-refractivity contribution is 5.92. The monoisotopic (exact) mass is 392 g/mol. The first-order chi connectivity index (χ1) is 13.2. The fourth-order valence-electron chi connectivity index (χ4n) is 3.95. The van der Waals surface area contributed by atoms with Crippen LogP contribution in [0.15, 0.2) is 17.1 Å². The first kappa shape index (κ1) is 18.8. The van der Waals surface area contributed by atoms with Gasteiger partial charge in [-0.2, -0.15) is 0 Å². The molecule has 2 aromatic rings. The van der Waals surface area contributed by atoms with E-state index in [2.05, 4.69) is 4.98 Å². The van der Waals surface area contributed by atoms with E-state index in [1.54, 1.807) is 28.5 Å². The lowest BCUT2D eigenvalue weighted by molar-refractivity contribution is 0.0694. The minimum absolute atomic E-state index is 0.00246. The number of aromatic nitrogens is 2. The zero-order chi connectivity index (χ0) is 20.2. The van der Waals surface area contributed by atoms with Crippen LogP contribution in [0.5, 0.6) is 0 Å². The topological polar surface area (TPSA) is 78.7 Å². The Labute approximate surface area is 160 Å². The van der Waals surface area contributed by atoms with E-state index in [9.17, 15) is 19.1 Å². The third-order valence-electron chi connectivity index (χ3n) is 5.31. The maximum atomic E-state index is 15.0. The lowest BCUT2D eigenvalue weighted by Gasteiger charge is -2.25. The molecule has 1 aliphatic heterocycles. The van der Waals surface area contributed by atoms with E-state index in [4.69, 9.17) is 0 Å². The van der Waals surface area contributed by atoms with Crippen molar-refractivity contribution in [3.63, 3.8) is 0 Å². The number of pyridine rings is 2. The second-order valence-corrected chi connectivity index (χ2v) is 8.04. The summed E-state index contributed by atoms with van der Waals surface area (Å²) in [5.74, 6) is -2.09. The fraction of sp³-hybridized carbons (Fsp3) is 0.526. The van der Waals surface area contributed by atoms with Crippen LogP contribution in [-0.4, -0.2) is 64.9 Å². The Hall–Kier alpha value is -2.55. The number of fused-ring (bicyclic) bond motifs is 1. The number of alkyl halides is 1. The zero-order valence-electron chi connectivity index (χ0n) is 15.8. The SMILES string of the molecule is CN(C)CC1(F)CCN(c2nc3c(cc2F)c(=O)c(C(=O)O)cn3C2CC2)C1. The Morgan fingerprint density at radius 1 is 1.43 bits per heavy atom. The molecule has 1 N–H and O–H groups in total. The van der Waals surface area contributed by atoms with Crippen molar-refractivity contribution < 1.29 is 18.7 Å². The molecule has 1 unspecified atom stereocenters. The molecule has 0 bridgehead atoms. The number of carbonyl (C=O) groups is 1. The Balaban J connectivity index is 1.81. The van der Waals surface area contributed by atoms with Crippen LogP contribution in [0.2, 0.25) is 0 Å². The maximum absolute atomic E-state index is 15.0. The average Bonchev–Trinajstić information content (AvgIpc) is 3.37. The smallest absolute Gasteiger partial charge is 0.341 e. The summed E-state index contributed by atoms with van der Waals surface area (Å²) in [6, 6.07) is 1.08. The summed E-state index contributed by atoms with van der Waals surface area (Å²) in [4.78, 5) is 31.6. The van der Waals surface area contributed by atoms with Crippen molar-refractivity contribution in [1.29, 1.82) is 0 Å². The summed E-state index contributed by atoms with van der Waals surface area (Å²) in [7, 11) is 3.57. The molecular formula is C19H22F2N4O3. The number of carboxylic acids is 1. The van der Waals surface area contributed by atoms with Crippen molar-refractivity contribution in [2.24, 2.45) is 0 Å². The lowest BCUT2D eigenvalue weighted by Crippen LogP contribution is -2.39. The first-order valence-electron chi connectivity index (χ1n) is 9.26. The Morgan fingerprint density at radius 3 is 2.75 bits per heavy atom. The molecule has 28 heavy (non-hydrogen) atoms. The number of hydrogen-bond acceptors (Lipinski definition) is 5. The summed E-state index contributed by atoms with van der Waals surface area (Å²) in [6.07, 6.45) is 3.23. The van der Waals surface area contributed by atoms with E-state index in [0.29, 0.717) is 6.54 Å². The van der Waals surface area contributed by atoms with Gasteiger partial charge < -0.3 is 19.5 Å². The third kappa shape index (κ3) is 3.23. The van der Waals surface area contributed by atoms with Gasteiger partial charge in [-0.15, -0.1) is 0 Å². The van der Waals surface area contributed by atoms with Crippen LogP contribution in [-0.2, 0) is 0 Å². The van der Waals surface area contributed by atoms with E-state index in [-0.39, 0.29) is 42.4 Å². The van der Waals surface area contributed by atoms with Crippen molar-refractivity contribution in [3.05, 3.63) is 33.9 Å². The molecule has 1 aliphatic carbocycles. The van der Waals surface area contributed by atoms with Crippen LogP contribution >= 0.6 is 0 Å². The number of rotatable bonds is 5. The number of aromatic carboxylic acids is 1. The summed E-state index contributed by atoms with van der Waals surface area (Å²) in [5.41, 5.74) is -2.37. The molecule has 2 aromatic heterocycles. The molecule has 150 valence electrons. The van der Waals surface area contributed by atoms with Crippen LogP contribution in [0, 0.1) is 5.82 Å². The van der Waals surface area contributed by atoms with Gasteiger partial charge in [-0.3, -0.25) is 4.79 Å². The van der Waals surface area contributed by atoms with Crippen LogP contribution < -0.4 is 10.3 Å². The van der Waals surface area contributed by atoms with Crippen LogP contribution in [0.1, 0.15) is 35.7 Å². The summed E-state index contributed by atoms with van der Waals surface area (Å²) in [5, 5.41) is 9.23. The van der Waals surface area contributed by atoms with Crippen molar-refractivity contribution >= 4 is 22.8 Å². The molecule has 7 nitrogen and oxygen atoms in total. The Morgan fingerprint density at radius 2 is 2.14 bits per heavy atom. The molecule has 3 heterocycles.